The van der Waals surface area contributed by atoms with E-state index >= 15 is 0 Å². The summed E-state index contributed by atoms with van der Waals surface area (Å²) < 4.78 is 5.34. The highest BCUT2D eigenvalue weighted by Crippen LogP contribution is 2.35. The Morgan fingerprint density at radius 1 is 0.952 bits per heavy atom. The van der Waals surface area contributed by atoms with E-state index in [-0.39, 0.29) is 6.09 Å². The third kappa shape index (κ3) is 6.27. The number of nitrogens with one attached hydrogen (secondary N) is 1. The molecule has 2 aliphatic carbocycles. The number of carbonyl (C=O) groups excluding carboxylic acids is 1. The summed E-state index contributed by atoms with van der Waals surface area (Å²) in [4.78, 5) is 11.8. The second-order valence-corrected chi connectivity index (χ2v) is 8.10. The van der Waals surface area contributed by atoms with E-state index in [1.54, 1.807) is 0 Å². The van der Waals surface area contributed by atoms with Crippen molar-refractivity contribution in [2.24, 2.45) is 11.8 Å². The van der Waals surface area contributed by atoms with Gasteiger partial charge in [-0.15, -0.1) is 0 Å². The molecule has 0 heterocycles. The van der Waals surface area contributed by atoms with Gasteiger partial charge in [0.2, 0.25) is 0 Å². The van der Waals surface area contributed by atoms with Crippen LogP contribution in [0.1, 0.15) is 85.0 Å². The van der Waals surface area contributed by atoms with Crippen LogP contribution < -0.4 is 5.32 Å². The van der Waals surface area contributed by atoms with Crippen molar-refractivity contribution >= 4 is 6.09 Å². The van der Waals surface area contributed by atoms with Gasteiger partial charge in [0, 0.05) is 6.04 Å². The topological polar surface area (TPSA) is 38.3 Å². The molecule has 2 fully saturated rings. The fraction of sp³-hybridized carbons (Fsp3) is 0.944. The summed E-state index contributed by atoms with van der Waals surface area (Å²) in [6, 6.07) is 0.322. The molecule has 0 unspecified atom stereocenters. The van der Waals surface area contributed by atoms with Crippen molar-refractivity contribution in [1.82, 2.24) is 5.32 Å². The summed E-state index contributed by atoms with van der Waals surface area (Å²) in [5, 5.41) is 3.04. The molecule has 1 amide bonds. The Morgan fingerprint density at radius 3 is 2.10 bits per heavy atom. The molecular weight excluding hydrogens is 262 g/mol. The first kappa shape index (κ1) is 16.6. The summed E-state index contributed by atoms with van der Waals surface area (Å²) >= 11 is 0. The number of hydrogen-bond donors (Lipinski definition) is 1. The predicted octanol–water partition coefficient (Wildman–Crippen LogP) is 5.04. The van der Waals surface area contributed by atoms with Gasteiger partial charge in [0.25, 0.3) is 0 Å². The van der Waals surface area contributed by atoms with Crippen LogP contribution in [-0.4, -0.2) is 17.7 Å². The van der Waals surface area contributed by atoms with E-state index in [1.165, 1.54) is 51.4 Å². The fourth-order valence-electron chi connectivity index (χ4n) is 3.91. The van der Waals surface area contributed by atoms with Gasteiger partial charge >= 0.3 is 6.09 Å². The molecule has 0 aliphatic heterocycles. The van der Waals surface area contributed by atoms with Crippen LogP contribution in [-0.2, 0) is 4.74 Å². The van der Waals surface area contributed by atoms with Gasteiger partial charge in [0.05, 0.1) is 0 Å². The highest BCUT2D eigenvalue weighted by molar-refractivity contribution is 5.68. The van der Waals surface area contributed by atoms with Crippen LogP contribution in [0.5, 0.6) is 0 Å². The first-order valence-electron chi connectivity index (χ1n) is 8.92. The number of alkyl carbamates (subject to hydrolysis) is 1. The smallest absolute Gasteiger partial charge is 0.407 e. The maximum absolute atomic E-state index is 11.8. The third-order valence-corrected chi connectivity index (χ3v) is 4.96. The minimum Gasteiger partial charge on any atom is -0.444 e. The molecule has 0 radical (unpaired) electrons. The van der Waals surface area contributed by atoms with Crippen LogP contribution in [0.4, 0.5) is 4.79 Å². The second kappa shape index (κ2) is 7.51. The largest absolute Gasteiger partial charge is 0.444 e. The zero-order chi connectivity index (χ0) is 15.3. The first-order chi connectivity index (χ1) is 9.92. The monoisotopic (exact) mass is 295 g/mol. The Kier molecular flexibility index (Phi) is 5.95. The second-order valence-electron chi connectivity index (χ2n) is 8.10. The summed E-state index contributed by atoms with van der Waals surface area (Å²) in [6.45, 7) is 5.73. The lowest BCUT2D eigenvalue weighted by Crippen LogP contribution is -2.41. The highest BCUT2D eigenvalue weighted by Gasteiger charge is 2.26. The van der Waals surface area contributed by atoms with E-state index < -0.39 is 5.60 Å². The minimum atomic E-state index is -0.401. The number of rotatable bonds is 3. The lowest BCUT2D eigenvalue weighted by atomic mass is 9.76. The first-order valence-corrected chi connectivity index (χ1v) is 8.92. The van der Waals surface area contributed by atoms with Crippen molar-refractivity contribution in [2.45, 2.75) is 96.6 Å². The molecule has 2 aliphatic rings. The van der Waals surface area contributed by atoms with Gasteiger partial charge in [0.1, 0.15) is 5.60 Å². The molecule has 0 spiro atoms. The number of ether oxygens (including phenoxy) is 1. The fourth-order valence-corrected chi connectivity index (χ4v) is 3.91. The van der Waals surface area contributed by atoms with E-state index in [2.05, 4.69) is 5.32 Å². The lowest BCUT2D eigenvalue weighted by molar-refractivity contribution is 0.0485. The van der Waals surface area contributed by atoms with Crippen LogP contribution in [0.2, 0.25) is 0 Å². The number of hydrogen-bond acceptors (Lipinski definition) is 2. The van der Waals surface area contributed by atoms with E-state index in [9.17, 15) is 4.79 Å². The molecule has 1 N–H and O–H groups in total. The summed E-state index contributed by atoms with van der Waals surface area (Å²) in [5.41, 5.74) is -0.401. The minimum absolute atomic E-state index is 0.252. The zero-order valence-electron chi connectivity index (χ0n) is 14.1. The van der Waals surface area contributed by atoms with Gasteiger partial charge in [-0.25, -0.2) is 4.79 Å². The Labute approximate surface area is 130 Å². The van der Waals surface area contributed by atoms with E-state index in [0.717, 1.165) is 24.7 Å². The van der Waals surface area contributed by atoms with Gasteiger partial charge < -0.3 is 10.1 Å². The van der Waals surface area contributed by atoms with E-state index in [0.29, 0.717) is 6.04 Å². The standard InChI is InChI=1S/C18H33NO2/c1-18(2,3)21-17(20)19-16-11-9-15(10-12-16)13-14-7-5-4-6-8-14/h14-16H,4-13H2,1-3H3,(H,19,20). The van der Waals surface area contributed by atoms with Crippen molar-refractivity contribution in [3.63, 3.8) is 0 Å². The van der Waals surface area contributed by atoms with Crippen molar-refractivity contribution < 1.29 is 9.53 Å². The number of amides is 1. The molecule has 3 nitrogen and oxygen atoms in total. The van der Waals surface area contributed by atoms with Crippen LogP contribution in [0.25, 0.3) is 0 Å². The third-order valence-electron chi connectivity index (χ3n) is 4.96. The Hall–Kier alpha value is -0.730. The Morgan fingerprint density at radius 2 is 1.52 bits per heavy atom. The van der Waals surface area contributed by atoms with E-state index in [1.807, 2.05) is 20.8 Å². The molecule has 0 aromatic rings. The maximum Gasteiger partial charge on any atom is 0.407 e. The van der Waals surface area contributed by atoms with Crippen LogP contribution in [0, 0.1) is 11.8 Å². The van der Waals surface area contributed by atoms with Crippen LogP contribution >= 0.6 is 0 Å². The molecule has 2 rings (SSSR count). The quantitative estimate of drug-likeness (QED) is 0.792. The number of carbonyl (C=O) groups is 1. The lowest BCUT2D eigenvalue weighted by Gasteiger charge is -2.33. The van der Waals surface area contributed by atoms with E-state index in [4.69, 9.17) is 4.74 Å². The van der Waals surface area contributed by atoms with Crippen LogP contribution in [0.3, 0.4) is 0 Å². The van der Waals surface area contributed by atoms with Crippen LogP contribution in [0.15, 0.2) is 0 Å². The van der Waals surface area contributed by atoms with Crippen molar-refractivity contribution in [2.75, 3.05) is 0 Å². The molecule has 3 heteroatoms. The molecule has 0 aromatic carbocycles. The Bertz CT molecular complexity index is 321. The molecule has 0 aromatic heterocycles. The average Bonchev–Trinajstić information content (AvgIpc) is 2.40. The molecule has 0 atom stereocenters. The summed E-state index contributed by atoms with van der Waals surface area (Å²) in [5.74, 6) is 1.88. The summed E-state index contributed by atoms with van der Waals surface area (Å²) in [6.07, 6.45) is 13.2. The average molecular weight is 295 g/mol. The molecule has 0 saturated heterocycles. The molecule has 0 bridgehead atoms. The van der Waals surface area contributed by atoms with Gasteiger partial charge in [-0.3, -0.25) is 0 Å². The summed E-state index contributed by atoms with van der Waals surface area (Å²) in [7, 11) is 0. The zero-order valence-corrected chi connectivity index (χ0v) is 14.1. The molecule has 122 valence electrons. The molecular formula is C18H33NO2. The van der Waals surface area contributed by atoms with Gasteiger partial charge in [-0.05, 0) is 64.7 Å². The highest BCUT2D eigenvalue weighted by atomic mass is 16.6. The Balaban J connectivity index is 1.64. The predicted molar refractivity (Wildman–Crippen MR) is 86.3 cm³/mol. The normalized spacial score (nSPS) is 28.1. The van der Waals surface area contributed by atoms with Gasteiger partial charge in [-0.2, -0.15) is 0 Å². The van der Waals surface area contributed by atoms with Crippen molar-refractivity contribution in [1.29, 1.82) is 0 Å². The van der Waals surface area contributed by atoms with Gasteiger partial charge in [-0.1, -0.05) is 32.1 Å². The van der Waals surface area contributed by atoms with Crippen molar-refractivity contribution in [3.05, 3.63) is 0 Å². The van der Waals surface area contributed by atoms with Crippen molar-refractivity contribution in [3.8, 4) is 0 Å². The SMILES string of the molecule is CC(C)(C)OC(=O)NC1CCC(CC2CCCCC2)CC1. The molecule has 2 saturated carbocycles. The molecule has 21 heavy (non-hydrogen) atoms. The van der Waals surface area contributed by atoms with Gasteiger partial charge in [0.15, 0.2) is 0 Å². The maximum atomic E-state index is 11.8.